The molecule has 0 aromatic carbocycles. The predicted molar refractivity (Wildman–Crippen MR) is 48.6 cm³/mol. The Morgan fingerprint density at radius 3 is 2.67 bits per heavy atom. The van der Waals surface area contributed by atoms with E-state index in [1.165, 1.54) is 13.8 Å². The number of esters is 2. The highest BCUT2D eigenvalue weighted by Crippen LogP contribution is 2.54. The lowest BCUT2D eigenvalue weighted by atomic mass is 10.3. The van der Waals surface area contributed by atoms with Crippen molar-refractivity contribution in [2.45, 2.75) is 20.1 Å². The highest BCUT2D eigenvalue weighted by molar-refractivity contribution is 5.66. The minimum Gasteiger partial charge on any atom is -0.466 e. The first-order valence-corrected chi connectivity index (χ1v) is 5.02. The Labute approximate surface area is 87.7 Å². The summed E-state index contributed by atoms with van der Waals surface area (Å²) in [5, 5.41) is 0. The molecule has 1 aliphatic heterocycles. The van der Waals surface area contributed by atoms with Gasteiger partial charge in [0.2, 0.25) is 6.29 Å². The number of fused-ring (bicyclic) bond motifs is 1. The fourth-order valence-electron chi connectivity index (χ4n) is 2.15. The van der Waals surface area contributed by atoms with Gasteiger partial charge in [-0.1, -0.05) is 0 Å². The summed E-state index contributed by atoms with van der Waals surface area (Å²) in [5.74, 6) is 0.290. The van der Waals surface area contributed by atoms with Crippen LogP contribution in [-0.2, 0) is 23.8 Å². The smallest absolute Gasteiger partial charge is 0.304 e. The molecule has 1 saturated carbocycles. The van der Waals surface area contributed by atoms with E-state index in [0.717, 1.165) is 0 Å². The minimum atomic E-state index is -0.437. The molecule has 4 atom stereocenters. The number of rotatable bonds is 3. The van der Waals surface area contributed by atoms with Crippen LogP contribution in [0, 0.1) is 17.8 Å². The van der Waals surface area contributed by atoms with E-state index in [9.17, 15) is 9.59 Å². The molecule has 0 spiro atoms. The summed E-state index contributed by atoms with van der Waals surface area (Å²) >= 11 is 0. The fourth-order valence-corrected chi connectivity index (χ4v) is 2.15. The van der Waals surface area contributed by atoms with Gasteiger partial charge in [-0.25, -0.2) is 0 Å². The molecule has 0 unspecified atom stereocenters. The van der Waals surface area contributed by atoms with Crippen molar-refractivity contribution in [1.82, 2.24) is 0 Å². The molecule has 5 nitrogen and oxygen atoms in total. The fraction of sp³-hybridized carbons (Fsp3) is 0.800. The first kappa shape index (κ1) is 10.4. The van der Waals surface area contributed by atoms with Gasteiger partial charge in [0.25, 0.3) is 0 Å². The van der Waals surface area contributed by atoms with Gasteiger partial charge in [0.05, 0.1) is 13.2 Å². The predicted octanol–water partition coefficient (Wildman–Crippen LogP) is 0.331. The second-order valence-corrected chi connectivity index (χ2v) is 4.02. The molecule has 0 radical (unpaired) electrons. The highest BCUT2D eigenvalue weighted by atomic mass is 16.7. The normalized spacial score (nSPS) is 36.9. The third kappa shape index (κ3) is 2.12. The molecule has 15 heavy (non-hydrogen) atoms. The van der Waals surface area contributed by atoms with Crippen molar-refractivity contribution in [3.63, 3.8) is 0 Å². The second-order valence-electron chi connectivity index (χ2n) is 4.02. The van der Waals surface area contributed by atoms with Crippen molar-refractivity contribution in [1.29, 1.82) is 0 Å². The molecule has 0 N–H and O–H groups in total. The van der Waals surface area contributed by atoms with Crippen molar-refractivity contribution in [2.75, 3.05) is 13.2 Å². The topological polar surface area (TPSA) is 61.8 Å². The van der Waals surface area contributed by atoms with Crippen LogP contribution < -0.4 is 0 Å². The van der Waals surface area contributed by atoms with E-state index in [0.29, 0.717) is 25.0 Å². The second kappa shape index (κ2) is 3.81. The molecule has 0 aromatic heterocycles. The molecule has 1 saturated heterocycles. The molecule has 5 heteroatoms. The van der Waals surface area contributed by atoms with Gasteiger partial charge in [-0.2, -0.15) is 0 Å². The van der Waals surface area contributed by atoms with E-state index in [1.807, 2.05) is 0 Å². The number of hydrogen-bond donors (Lipinski definition) is 0. The first-order valence-electron chi connectivity index (χ1n) is 5.02. The number of hydrogen-bond acceptors (Lipinski definition) is 5. The van der Waals surface area contributed by atoms with E-state index < -0.39 is 6.29 Å². The van der Waals surface area contributed by atoms with Crippen LogP contribution in [0.1, 0.15) is 13.8 Å². The molecule has 2 fully saturated rings. The summed E-state index contributed by atoms with van der Waals surface area (Å²) in [6.45, 7) is 3.75. The van der Waals surface area contributed by atoms with Gasteiger partial charge in [-0.15, -0.1) is 0 Å². The van der Waals surface area contributed by atoms with Gasteiger partial charge >= 0.3 is 11.9 Å². The molecule has 0 amide bonds. The van der Waals surface area contributed by atoms with Gasteiger partial charge in [-0.3, -0.25) is 9.59 Å². The van der Waals surface area contributed by atoms with Crippen LogP contribution in [0.3, 0.4) is 0 Å². The van der Waals surface area contributed by atoms with Crippen molar-refractivity contribution in [2.24, 2.45) is 17.8 Å². The van der Waals surface area contributed by atoms with E-state index in [2.05, 4.69) is 0 Å². The molecule has 0 bridgehead atoms. The van der Waals surface area contributed by atoms with Crippen molar-refractivity contribution in [3.8, 4) is 0 Å². The standard InChI is InChI=1S/C10H14O5/c1-5(11)13-3-7-8-4-14-10(9(7)8)15-6(2)12/h7-10H,3-4H2,1-2H3/t7-,8+,9+,10-/m0/s1. The van der Waals surface area contributed by atoms with E-state index >= 15 is 0 Å². The van der Waals surface area contributed by atoms with Gasteiger partial charge in [0, 0.05) is 25.7 Å². The minimum absolute atomic E-state index is 0.216. The first-order chi connectivity index (χ1) is 7.09. The van der Waals surface area contributed by atoms with Crippen molar-refractivity contribution < 1.29 is 23.8 Å². The van der Waals surface area contributed by atoms with Crippen LogP contribution in [0.25, 0.3) is 0 Å². The SMILES string of the molecule is CC(=O)OC[C@H]1[C@H]2CO[C@@H](OC(C)=O)[C@@H]21. The largest absolute Gasteiger partial charge is 0.466 e. The van der Waals surface area contributed by atoms with Crippen molar-refractivity contribution >= 4 is 11.9 Å². The zero-order valence-electron chi connectivity index (χ0n) is 8.76. The Kier molecular flexibility index (Phi) is 2.65. The Morgan fingerprint density at radius 1 is 1.33 bits per heavy atom. The van der Waals surface area contributed by atoms with Crippen LogP contribution in [-0.4, -0.2) is 31.4 Å². The Morgan fingerprint density at radius 2 is 2.07 bits per heavy atom. The van der Waals surface area contributed by atoms with Crippen LogP contribution >= 0.6 is 0 Å². The quantitative estimate of drug-likeness (QED) is 0.633. The Balaban J connectivity index is 1.79. The van der Waals surface area contributed by atoms with E-state index in [-0.39, 0.29) is 17.9 Å². The molecule has 1 heterocycles. The van der Waals surface area contributed by atoms with Gasteiger partial charge < -0.3 is 14.2 Å². The Hall–Kier alpha value is -1.10. The summed E-state index contributed by atoms with van der Waals surface area (Å²) in [4.78, 5) is 21.4. The summed E-state index contributed by atoms with van der Waals surface area (Å²) in [5.41, 5.74) is 0. The lowest BCUT2D eigenvalue weighted by Crippen LogP contribution is -2.22. The summed E-state index contributed by atoms with van der Waals surface area (Å²) in [7, 11) is 0. The lowest BCUT2D eigenvalue weighted by molar-refractivity contribution is -0.175. The average Bonchev–Trinajstić information content (AvgIpc) is 2.68. The summed E-state index contributed by atoms with van der Waals surface area (Å²) in [6.07, 6.45) is -0.437. The van der Waals surface area contributed by atoms with E-state index in [4.69, 9.17) is 14.2 Å². The molecule has 2 rings (SSSR count). The lowest BCUT2D eigenvalue weighted by Gasteiger charge is -2.14. The molecular weight excluding hydrogens is 200 g/mol. The molecular formula is C10H14O5. The maximum absolute atomic E-state index is 10.7. The van der Waals surface area contributed by atoms with Crippen LogP contribution in [0.5, 0.6) is 0 Å². The number of carbonyl (C=O) groups excluding carboxylic acids is 2. The van der Waals surface area contributed by atoms with Crippen LogP contribution in [0.15, 0.2) is 0 Å². The summed E-state index contributed by atoms with van der Waals surface area (Å²) in [6, 6.07) is 0. The van der Waals surface area contributed by atoms with Gasteiger partial charge in [-0.05, 0) is 5.92 Å². The molecule has 1 aliphatic carbocycles. The number of ether oxygens (including phenoxy) is 3. The third-order valence-electron chi connectivity index (χ3n) is 2.93. The maximum atomic E-state index is 10.7. The molecule has 2 aliphatic rings. The highest BCUT2D eigenvalue weighted by Gasteiger charge is 2.61. The van der Waals surface area contributed by atoms with Crippen LogP contribution in [0.4, 0.5) is 0 Å². The van der Waals surface area contributed by atoms with Crippen molar-refractivity contribution in [3.05, 3.63) is 0 Å². The maximum Gasteiger partial charge on any atom is 0.304 e. The van der Waals surface area contributed by atoms with Gasteiger partial charge in [0.15, 0.2) is 0 Å². The average molecular weight is 214 g/mol. The third-order valence-corrected chi connectivity index (χ3v) is 2.93. The molecule has 0 aromatic rings. The zero-order chi connectivity index (χ0) is 11.0. The monoisotopic (exact) mass is 214 g/mol. The summed E-state index contributed by atoms with van der Waals surface area (Å²) < 4.78 is 15.2. The zero-order valence-corrected chi connectivity index (χ0v) is 8.76. The molecule has 84 valence electrons. The number of carbonyl (C=O) groups is 2. The van der Waals surface area contributed by atoms with Crippen LogP contribution in [0.2, 0.25) is 0 Å². The van der Waals surface area contributed by atoms with Gasteiger partial charge in [0.1, 0.15) is 0 Å². The Bertz CT molecular complexity index is 288. The van der Waals surface area contributed by atoms with E-state index in [1.54, 1.807) is 0 Å².